The highest BCUT2D eigenvalue weighted by molar-refractivity contribution is 5.92. The monoisotopic (exact) mass is 339 g/mol. The minimum Gasteiger partial charge on any atom is -0.351 e. The molecule has 0 N–H and O–H groups in total. The van der Waals surface area contributed by atoms with Gasteiger partial charge in [0.25, 0.3) is 5.91 Å². The second-order valence-corrected chi connectivity index (χ2v) is 7.21. The second kappa shape index (κ2) is 7.00. The highest BCUT2D eigenvalue weighted by Crippen LogP contribution is 2.32. The van der Waals surface area contributed by atoms with Crippen LogP contribution < -0.4 is 0 Å². The lowest BCUT2D eigenvalue weighted by Gasteiger charge is -2.34. The minimum absolute atomic E-state index is 0.00494. The van der Waals surface area contributed by atoms with Crippen LogP contribution in [0, 0.1) is 6.92 Å². The molecule has 5 heteroatoms. The third-order valence-corrected chi connectivity index (χ3v) is 5.49. The summed E-state index contributed by atoms with van der Waals surface area (Å²) in [7, 11) is 0. The van der Waals surface area contributed by atoms with Gasteiger partial charge < -0.3 is 9.42 Å². The van der Waals surface area contributed by atoms with Crippen LogP contribution in [0.25, 0.3) is 0 Å². The third-order valence-electron chi connectivity index (χ3n) is 5.49. The molecular weight excluding hydrogens is 314 g/mol. The van der Waals surface area contributed by atoms with Gasteiger partial charge in [0.2, 0.25) is 5.76 Å². The Hall–Kier alpha value is -2.14. The van der Waals surface area contributed by atoms with Crippen LogP contribution in [-0.2, 0) is 6.54 Å². The number of hydrogen-bond acceptors (Lipinski definition) is 4. The van der Waals surface area contributed by atoms with E-state index in [1.165, 1.54) is 12.0 Å². The number of hydrogen-bond donors (Lipinski definition) is 0. The standard InChI is InChI=1S/C20H25N3O2/c1-15-13-19(25-21-15)20(24)23-12-6-10-18(23)17-9-5-11-22(17)14-16-7-3-2-4-8-16/h2-4,7-8,13,17-18H,5-6,9-12,14H2,1H3/t17-,18+/m0/s1. The van der Waals surface area contributed by atoms with Crippen LogP contribution in [0.5, 0.6) is 0 Å². The Balaban J connectivity index is 1.50. The Bertz CT molecular complexity index is 728. The van der Waals surface area contributed by atoms with E-state index >= 15 is 0 Å². The van der Waals surface area contributed by atoms with E-state index in [2.05, 4.69) is 40.4 Å². The van der Waals surface area contributed by atoms with E-state index in [0.717, 1.165) is 44.6 Å². The minimum atomic E-state index is -0.00494. The van der Waals surface area contributed by atoms with Gasteiger partial charge in [0, 0.05) is 31.2 Å². The van der Waals surface area contributed by atoms with Crippen molar-refractivity contribution in [3.63, 3.8) is 0 Å². The van der Waals surface area contributed by atoms with Crippen molar-refractivity contribution in [2.75, 3.05) is 13.1 Å². The Morgan fingerprint density at radius 1 is 1.16 bits per heavy atom. The lowest BCUT2D eigenvalue weighted by atomic mass is 10.0. The topological polar surface area (TPSA) is 49.6 Å². The second-order valence-electron chi connectivity index (χ2n) is 7.21. The fourth-order valence-electron chi connectivity index (χ4n) is 4.35. The van der Waals surface area contributed by atoms with E-state index in [-0.39, 0.29) is 11.9 Å². The molecule has 132 valence electrons. The van der Waals surface area contributed by atoms with Crippen LogP contribution in [-0.4, -0.2) is 46.0 Å². The quantitative estimate of drug-likeness (QED) is 0.858. The molecule has 4 rings (SSSR count). The molecule has 3 heterocycles. The van der Waals surface area contributed by atoms with Crippen LogP contribution in [0.2, 0.25) is 0 Å². The molecular formula is C20H25N3O2. The van der Waals surface area contributed by atoms with Gasteiger partial charge in [-0.2, -0.15) is 0 Å². The maximum atomic E-state index is 12.9. The lowest BCUT2D eigenvalue weighted by Crippen LogP contribution is -2.48. The van der Waals surface area contributed by atoms with Gasteiger partial charge in [0.05, 0.1) is 5.69 Å². The first kappa shape index (κ1) is 16.3. The third kappa shape index (κ3) is 3.33. The number of aryl methyl sites for hydroxylation is 1. The van der Waals surface area contributed by atoms with Crippen LogP contribution in [0.4, 0.5) is 0 Å². The number of amides is 1. The molecule has 2 fully saturated rings. The number of aromatic nitrogens is 1. The van der Waals surface area contributed by atoms with Crippen molar-refractivity contribution in [1.82, 2.24) is 15.0 Å². The average Bonchev–Trinajstić information content (AvgIpc) is 3.35. The summed E-state index contributed by atoms with van der Waals surface area (Å²) in [4.78, 5) is 17.4. The number of nitrogens with zero attached hydrogens (tertiary/aromatic N) is 3. The molecule has 0 aliphatic carbocycles. The van der Waals surface area contributed by atoms with Crippen molar-refractivity contribution in [2.45, 2.75) is 51.2 Å². The number of likely N-dealkylation sites (tertiary alicyclic amines) is 2. The highest BCUT2D eigenvalue weighted by Gasteiger charge is 2.40. The molecule has 0 radical (unpaired) electrons. The van der Waals surface area contributed by atoms with Crippen molar-refractivity contribution in [3.8, 4) is 0 Å². The summed E-state index contributed by atoms with van der Waals surface area (Å²) in [6, 6.07) is 13.1. The van der Waals surface area contributed by atoms with Crippen LogP contribution in [0.1, 0.15) is 47.5 Å². The summed E-state index contributed by atoms with van der Waals surface area (Å²) < 4.78 is 5.22. The predicted molar refractivity (Wildman–Crippen MR) is 95.2 cm³/mol. The number of benzene rings is 1. The van der Waals surface area contributed by atoms with Gasteiger partial charge in [-0.1, -0.05) is 35.5 Å². The SMILES string of the molecule is Cc1cc(C(=O)N2CCC[C@@H]2[C@@H]2CCCN2Cc2ccccc2)on1. The largest absolute Gasteiger partial charge is 0.351 e. The first-order valence-corrected chi connectivity index (χ1v) is 9.24. The van der Waals surface area contributed by atoms with Crippen LogP contribution >= 0.6 is 0 Å². The molecule has 1 amide bonds. The summed E-state index contributed by atoms with van der Waals surface area (Å²) in [5.74, 6) is 0.367. The molecule has 2 aliphatic heterocycles. The van der Waals surface area contributed by atoms with E-state index in [9.17, 15) is 4.79 Å². The van der Waals surface area contributed by atoms with Gasteiger partial charge in [-0.15, -0.1) is 0 Å². The fraction of sp³-hybridized carbons (Fsp3) is 0.500. The Morgan fingerprint density at radius 3 is 2.68 bits per heavy atom. The van der Waals surface area contributed by atoms with Gasteiger partial charge in [-0.25, -0.2) is 0 Å². The predicted octanol–water partition coefficient (Wildman–Crippen LogP) is 3.25. The normalized spacial score (nSPS) is 24.1. The zero-order valence-corrected chi connectivity index (χ0v) is 14.7. The molecule has 25 heavy (non-hydrogen) atoms. The van der Waals surface area contributed by atoms with Gasteiger partial charge in [0.15, 0.2) is 0 Å². The first-order chi connectivity index (χ1) is 12.2. The molecule has 0 unspecified atom stereocenters. The highest BCUT2D eigenvalue weighted by atomic mass is 16.5. The maximum absolute atomic E-state index is 12.9. The zero-order chi connectivity index (χ0) is 17.2. The lowest BCUT2D eigenvalue weighted by molar-refractivity contribution is 0.0599. The molecule has 0 saturated carbocycles. The van der Waals surface area contributed by atoms with Crippen molar-refractivity contribution < 1.29 is 9.32 Å². The van der Waals surface area contributed by atoms with E-state index in [4.69, 9.17) is 4.52 Å². The van der Waals surface area contributed by atoms with Gasteiger partial charge in [-0.05, 0) is 44.7 Å². The van der Waals surface area contributed by atoms with Crippen LogP contribution in [0.15, 0.2) is 40.9 Å². The smallest absolute Gasteiger partial charge is 0.292 e. The molecule has 2 aromatic rings. The molecule has 1 aromatic carbocycles. The van der Waals surface area contributed by atoms with Gasteiger partial charge in [-0.3, -0.25) is 9.69 Å². The Kier molecular flexibility index (Phi) is 4.57. The van der Waals surface area contributed by atoms with E-state index < -0.39 is 0 Å². The van der Waals surface area contributed by atoms with Crippen molar-refractivity contribution in [2.24, 2.45) is 0 Å². The van der Waals surface area contributed by atoms with Crippen molar-refractivity contribution in [3.05, 3.63) is 53.4 Å². The first-order valence-electron chi connectivity index (χ1n) is 9.24. The average molecular weight is 339 g/mol. The maximum Gasteiger partial charge on any atom is 0.292 e. The number of carbonyl (C=O) groups excluding carboxylic acids is 1. The molecule has 2 aliphatic rings. The number of carbonyl (C=O) groups is 1. The van der Waals surface area contributed by atoms with Crippen molar-refractivity contribution >= 4 is 5.91 Å². The summed E-state index contributed by atoms with van der Waals surface area (Å²) in [5.41, 5.74) is 2.10. The van der Waals surface area contributed by atoms with Gasteiger partial charge in [0.1, 0.15) is 0 Å². The van der Waals surface area contributed by atoms with Gasteiger partial charge >= 0.3 is 0 Å². The summed E-state index contributed by atoms with van der Waals surface area (Å²) in [5, 5.41) is 3.87. The summed E-state index contributed by atoms with van der Waals surface area (Å²) in [6.07, 6.45) is 4.52. The summed E-state index contributed by atoms with van der Waals surface area (Å²) >= 11 is 0. The molecule has 0 spiro atoms. The number of rotatable bonds is 4. The molecule has 1 aromatic heterocycles. The van der Waals surface area contributed by atoms with Crippen molar-refractivity contribution in [1.29, 1.82) is 0 Å². The Labute approximate surface area is 148 Å². The Morgan fingerprint density at radius 2 is 1.92 bits per heavy atom. The zero-order valence-electron chi connectivity index (χ0n) is 14.7. The molecule has 2 saturated heterocycles. The van der Waals surface area contributed by atoms with E-state index in [1.807, 2.05) is 11.8 Å². The summed E-state index contributed by atoms with van der Waals surface area (Å²) in [6.45, 7) is 4.74. The molecule has 5 nitrogen and oxygen atoms in total. The molecule has 2 atom stereocenters. The molecule has 0 bridgehead atoms. The fourth-order valence-corrected chi connectivity index (χ4v) is 4.35. The van der Waals surface area contributed by atoms with E-state index in [1.54, 1.807) is 6.07 Å². The van der Waals surface area contributed by atoms with E-state index in [0.29, 0.717) is 11.8 Å². The van der Waals surface area contributed by atoms with Crippen LogP contribution in [0.3, 0.4) is 0 Å².